The Balaban J connectivity index is 1.76. The summed E-state index contributed by atoms with van der Waals surface area (Å²) in [5.41, 5.74) is -1.05. The van der Waals surface area contributed by atoms with E-state index in [0.717, 1.165) is 10.7 Å². The van der Waals surface area contributed by atoms with E-state index in [-0.39, 0.29) is 19.0 Å². The highest BCUT2D eigenvalue weighted by Crippen LogP contribution is 2.33. The van der Waals surface area contributed by atoms with E-state index in [1.165, 1.54) is 29.2 Å². The standard InChI is InChI=1S/C19H20F3N3O4/c1-18(2,3)29-17(27)24-9-14(10-24)28-16-8-15(19(20,21)22)23-25(16)13-6-4-12(11-26)5-7-13/h4-8,11,14H,9-10H2,1-3H3. The molecule has 0 saturated carbocycles. The molecule has 1 aliphatic heterocycles. The first-order chi connectivity index (χ1) is 13.5. The lowest BCUT2D eigenvalue weighted by atomic mass is 10.2. The first-order valence-corrected chi connectivity index (χ1v) is 8.84. The van der Waals surface area contributed by atoms with Crippen molar-refractivity contribution in [1.29, 1.82) is 0 Å². The molecule has 2 aromatic rings. The van der Waals surface area contributed by atoms with Crippen LogP contribution in [0, 0.1) is 0 Å². The average molecular weight is 411 g/mol. The van der Waals surface area contributed by atoms with Crippen LogP contribution in [-0.2, 0) is 10.9 Å². The molecule has 0 N–H and O–H groups in total. The number of amides is 1. The number of carbonyl (C=O) groups is 2. The third kappa shape index (κ3) is 4.87. The molecule has 3 rings (SSSR count). The van der Waals surface area contributed by atoms with Crippen LogP contribution in [0.2, 0.25) is 0 Å². The predicted octanol–water partition coefficient (Wildman–Crippen LogP) is 3.70. The summed E-state index contributed by atoms with van der Waals surface area (Å²) in [6, 6.07) is 6.68. The highest BCUT2D eigenvalue weighted by atomic mass is 19.4. The third-order valence-electron chi connectivity index (χ3n) is 4.03. The number of aldehydes is 1. The zero-order chi connectivity index (χ0) is 21.4. The van der Waals surface area contributed by atoms with Gasteiger partial charge in [-0.05, 0) is 45.0 Å². The molecule has 1 amide bonds. The third-order valence-corrected chi connectivity index (χ3v) is 4.03. The Morgan fingerprint density at radius 2 is 1.79 bits per heavy atom. The summed E-state index contributed by atoms with van der Waals surface area (Å²) in [5, 5.41) is 3.59. The quantitative estimate of drug-likeness (QED) is 0.718. The van der Waals surface area contributed by atoms with E-state index in [0.29, 0.717) is 17.5 Å². The van der Waals surface area contributed by atoms with Crippen molar-refractivity contribution in [2.75, 3.05) is 13.1 Å². The van der Waals surface area contributed by atoms with Crippen LogP contribution in [0.3, 0.4) is 0 Å². The molecule has 1 saturated heterocycles. The minimum absolute atomic E-state index is 0.106. The zero-order valence-electron chi connectivity index (χ0n) is 16.1. The Bertz CT molecular complexity index is 895. The molecule has 1 aromatic carbocycles. The largest absolute Gasteiger partial charge is 0.470 e. The van der Waals surface area contributed by atoms with Crippen molar-refractivity contribution >= 4 is 12.4 Å². The molecular formula is C19H20F3N3O4. The Kier molecular flexibility index (Phi) is 5.29. The van der Waals surface area contributed by atoms with Crippen LogP contribution in [0.15, 0.2) is 30.3 Å². The first kappa shape index (κ1) is 20.7. The van der Waals surface area contributed by atoms with E-state index in [1.807, 2.05) is 0 Å². The monoisotopic (exact) mass is 411 g/mol. The number of hydrogen-bond acceptors (Lipinski definition) is 5. The predicted molar refractivity (Wildman–Crippen MR) is 96.2 cm³/mol. The maximum atomic E-state index is 13.1. The molecule has 1 aliphatic rings. The number of carbonyl (C=O) groups excluding carboxylic acids is 2. The fraction of sp³-hybridized carbons (Fsp3) is 0.421. The first-order valence-electron chi connectivity index (χ1n) is 8.84. The second-order valence-electron chi connectivity index (χ2n) is 7.61. The second kappa shape index (κ2) is 7.41. The van der Waals surface area contributed by atoms with Gasteiger partial charge in [-0.2, -0.15) is 18.3 Å². The number of ether oxygens (including phenoxy) is 2. The summed E-state index contributed by atoms with van der Waals surface area (Å²) < 4.78 is 51.3. The van der Waals surface area contributed by atoms with Crippen LogP contribution in [0.1, 0.15) is 36.8 Å². The van der Waals surface area contributed by atoms with Gasteiger partial charge in [-0.15, -0.1) is 0 Å². The van der Waals surface area contributed by atoms with E-state index in [9.17, 15) is 22.8 Å². The van der Waals surface area contributed by atoms with Crippen molar-refractivity contribution in [2.24, 2.45) is 0 Å². The second-order valence-corrected chi connectivity index (χ2v) is 7.61. The minimum atomic E-state index is -4.64. The van der Waals surface area contributed by atoms with Gasteiger partial charge in [-0.1, -0.05) is 0 Å². The average Bonchev–Trinajstić information content (AvgIpc) is 3.00. The SMILES string of the molecule is CC(C)(C)OC(=O)N1CC(Oc2cc(C(F)(F)F)nn2-c2ccc(C=O)cc2)C1. The van der Waals surface area contributed by atoms with Crippen LogP contribution in [0.4, 0.5) is 18.0 Å². The van der Waals surface area contributed by atoms with Gasteiger partial charge in [0.05, 0.1) is 18.8 Å². The Labute approximate surface area is 165 Å². The van der Waals surface area contributed by atoms with Crippen molar-refractivity contribution in [3.8, 4) is 11.6 Å². The van der Waals surface area contributed by atoms with E-state index < -0.39 is 29.7 Å². The molecule has 156 valence electrons. The topological polar surface area (TPSA) is 73.7 Å². The van der Waals surface area contributed by atoms with Crippen LogP contribution in [0.5, 0.6) is 5.88 Å². The van der Waals surface area contributed by atoms with Crippen LogP contribution in [0.25, 0.3) is 5.69 Å². The number of hydrogen-bond donors (Lipinski definition) is 0. The summed E-state index contributed by atoms with van der Waals surface area (Å²) in [4.78, 5) is 24.2. The molecule has 0 spiro atoms. The summed E-state index contributed by atoms with van der Waals surface area (Å²) >= 11 is 0. The molecule has 10 heteroatoms. The van der Waals surface area contributed by atoms with Gasteiger partial charge >= 0.3 is 12.3 Å². The molecule has 0 radical (unpaired) electrons. The number of alkyl halides is 3. The van der Waals surface area contributed by atoms with Gasteiger partial charge in [0.15, 0.2) is 5.69 Å². The van der Waals surface area contributed by atoms with Crippen molar-refractivity contribution in [3.05, 3.63) is 41.6 Å². The van der Waals surface area contributed by atoms with E-state index in [4.69, 9.17) is 9.47 Å². The highest BCUT2D eigenvalue weighted by molar-refractivity contribution is 5.75. The Morgan fingerprint density at radius 3 is 2.31 bits per heavy atom. The fourth-order valence-electron chi connectivity index (χ4n) is 2.62. The van der Waals surface area contributed by atoms with Crippen LogP contribution < -0.4 is 4.74 Å². The molecule has 29 heavy (non-hydrogen) atoms. The molecule has 0 bridgehead atoms. The smallest absolute Gasteiger partial charge is 0.435 e. The number of halogens is 3. The van der Waals surface area contributed by atoms with Crippen LogP contribution in [-0.4, -0.2) is 51.9 Å². The van der Waals surface area contributed by atoms with Gasteiger partial charge < -0.3 is 14.4 Å². The van der Waals surface area contributed by atoms with Crippen molar-refractivity contribution in [1.82, 2.24) is 14.7 Å². The Hall–Kier alpha value is -3.04. The number of aromatic nitrogens is 2. The van der Waals surface area contributed by atoms with Gasteiger partial charge in [0, 0.05) is 11.6 Å². The van der Waals surface area contributed by atoms with Gasteiger partial charge in [0.25, 0.3) is 0 Å². The number of likely N-dealkylation sites (tertiary alicyclic amines) is 1. The van der Waals surface area contributed by atoms with E-state index in [1.54, 1.807) is 20.8 Å². The normalized spacial score (nSPS) is 15.0. The van der Waals surface area contributed by atoms with Gasteiger partial charge in [0.2, 0.25) is 5.88 Å². The number of nitrogens with zero attached hydrogens (tertiary/aromatic N) is 3. The van der Waals surface area contributed by atoms with E-state index in [2.05, 4.69) is 5.10 Å². The zero-order valence-corrected chi connectivity index (χ0v) is 16.1. The van der Waals surface area contributed by atoms with Gasteiger partial charge in [0.1, 0.15) is 18.0 Å². The summed E-state index contributed by atoms with van der Waals surface area (Å²) in [6.45, 7) is 5.60. The molecule has 1 aromatic heterocycles. The molecule has 0 unspecified atom stereocenters. The van der Waals surface area contributed by atoms with Crippen LogP contribution >= 0.6 is 0 Å². The lowest BCUT2D eigenvalue weighted by molar-refractivity contribution is -0.141. The molecule has 1 fully saturated rings. The summed E-state index contributed by atoms with van der Waals surface area (Å²) in [7, 11) is 0. The summed E-state index contributed by atoms with van der Waals surface area (Å²) in [6.07, 6.45) is -5.01. The molecule has 7 nitrogen and oxygen atoms in total. The fourth-order valence-corrected chi connectivity index (χ4v) is 2.62. The molecule has 2 heterocycles. The van der Waals surface area contributed by atoms with E-state index >= 15 is 0 Å². The summed E-state index contributed by atoms with van der Waals surface area (Å²) in [5.74, 6) is -0.106. The molecule has 0 atom stereocenters. The van der Waals surface area contributed by atoms with Gasteiger partial charge in [-0.3, -0.25) is 4.79 Å². The maximum Gasteiger partial charge on any atom is 0.435 e. The molecular weight excluding hydrogens is 391 g/mol. The molecule has 0 aliphatic carbocycles. The van der Waals surface area contributed by atoms with Crippen molar-refractivity contribution in [2.45, 2.75) is 38.7 Å². The maximum absolute atomic E-state index is 13.1. The number of benzene rings is 1. The Morgan fingerprint density at radius 1 is 1.17 bits per heavy atom. The highest BCUT2D eigenvalue weighted by Gasteiger charge is 2.38. The lowest BCUT2D eigenvalue weighted by Crippen LogP contribution is -2.57. The minimum Gasteiger partial charge on any atom is -0.470 e. The van der Waals surface area contributed by atoms with Crippen molar-refractivity contribution in [3.63, 3.8) is 0 Å². The lowest BCUT2D eigenvalue weighted by Gasteiger charge is -2.39. The van der Waals surface area contributed by atoms with Gasteiger partial charge in [-0.25, -0.2) is 9.48 Å². The number of rotatable bonds is 4. The van der Waals surface area contributed by atoms with Crippen molar-refractivity contribution < 1.29 is 32.2 Å².